The van der Waals surface area contributed by atoms with E-state index in [9.17, 15) is 14.4 Å². The summed E-state index contributed by atoms with van der Waals surface area (Å²) in [5, 5.41) is 0. The molecule has 2 heterocycles. The van der Waals surface area contributed by atoms with Crippen molar-refractivity contribution in [1.82, 2.24) is 18.9 Å². The van der Waals surface area contributed by atoms with Gasteiger partial charge in [-0.15, -0.1) is 0 Å². The zero-order valence-corrected chi connectivity index (χ0v) is 14.0. The standard InChI is InChI=1S/C16H20N4O4/c1-17-12-5-4-11(10-13(12)18(2)15(17)22)14(21)19-6-8-20(9-7-19)16(23)24-3/h4-5,10H,6-9H2,1-3H3. The molecule has 1 aromatic carbocycles. The molecule has 1 aliphatic heterocycles. The number of piperazine rings is 1. The van der Waals surface area contributed by atoms with Gasteiger partial charge in [-0.3, -0.25) is 13.9 Å². The Balaban J connectivity index is 1.81. The van der Waals surface area contributed by atoms with Crippen LogP contribution in [-0.2, 0) is 18.8 Å². The van der Waals surface area contributed by atoms with Crippen LogP contribution >= 0.6 is 0 Å². The molecule has 24 heavy (non-hydrogen) atoms. The molecule has 3 rings (SSSR count). The van der Waals surface area contributed by atoms with Crippen LogP contribution in [0.5, 0.6) is 0 Å². The number of hydrogen-bond donors (Lipinski definition) is 0. The van der Waals surface area contributed by atoms with Gasteiger partial charge in [0.15, 0.2) is 0 Å². The van der Waals surface area contributed by atoms with E-state index in [1.807, 2.05) is 0 Å². The highest BCUT2D eigenvalue weighted by Gasteiger charge is 2.25. The topological polar surface area (TPSA) is 76.8 Å². The van der Waals surface area contributed by atoms with Crippen LogP contribution in [0.25, 0.3) is 11.0 Å². The Morgan fingerprint density at radius 3 is 2.17 bits per heavy atom. The Bertz CT molecular complexity index is 859. The summed E-state index contributed by atoms with van der Waals surface area (Å²) >= 11 is 0. The molecule has 0 N–H and O–H groups in total. The van der Waals surface area contributed by atoms with Crippen LogP contribution in [-0.4, -0.2) is 64.2 Å². The number of amides is 2. The number of aryl methyl sites for hydroxylation is 2. The summed E-state index contributed by atoms with van der Waals surface area (Å²) in [5.74, 6) is -0.0993. The third kappa shape index (κ3) is 2.53. The van der Waals surface area contributed by atoms with Crippen LogP contribution in [0.2, 0.25) is 0 Å². The molecule has 0 spiro atoms. The minimum Gasteiger partial charge on any atom is -0.453 e. The van der Waals surface area contributed by atoms with Gasteiger partial charge in [0.05, 0.1) is 18.1 Å². The van der Waals surface area contributed by atoms with E-state index < -0.39 is 0 Å². The van der Waals surface area contributed by atoms with Gasteiger partial charge in [-0.25, -0.2) is 9.59 Å². The van der Waals surface area contributed by atoms with Crippen LogP contribution in [0.1, 0.15) is 10.4 Å². The molecule has 128 valence electrons. The largest absolute Gasteiger partial charge is 0.453 e. The summed E-state index contributed by atoms with van der Waals surface area (Å²) in [6.07, 6.45) is -0.372. The molecular weight excluding hydrogens is 312 g/mol. The van der Waals surface area contributed by atoms with Crippen molar-refractivity contribution in [3.8, 4) is 0 Å². The van der Waals surface area contributed by atoms with Crippen LogP contribution in [0.4, 0.5) is 4.79 Å². The third-order valence-electron chi connectivity index (χ3n) is 4.52. The zero-order valence-electron chi connectivity index (χ0n) is 14.0. The van der Waals surface area contributed by atoms with Crippen molar-refractivity contribution >= 4 is 23.0 Å². The van der Waals surface area contributed by atoms with Gasteiger partial charge >= 0.3 is 11.8 Å². The second-order valence-electron chi connectivity index (χ2n) is 5.85. The number of ether oxygens (including phenoxy) is 1. The number of carbonyl (C=O) groups is 2. The Morgan fingerprint density at radius 1 is 0.958 bits per heavy atom. The highest BCUT2D eigenvalue weighted by Crippen LogP contribution is 2.16. The SMILES string of the molecule is COC(=O)N1CCN(C(=O)c2ccc3c(c2)n(C)c(=O)n3C)CC1. The molecule has 0 saturated carbocycles. The third-order valence-corrected chi connectivity index (χ3v) is 4.52. The van der Waals surface area contributed by atoms with Gasteiger partial charge in [0.1, 0.15) is 0 Å². The van der Waals surface area contributed by atoms with Gasteiger partial charge < -0.3 is 14.5 Å². The number of hydrogen-bond acceptors (Lipinski definition) is 4. The number of methoxy groups -OCH3 is 1. The lowest BCUT2D eigenvalue weighted by Gasteiger charge is -2.33. The number of fused-ring (bicyclic) bond motifs is 1. The van der Waals surface area contributed by atoms with E-state index in [1.54, 1.807) is 46.7 Å². The summed E-state index contributed by atoms with van der Waals surface area (Å²) in [7, 11) is 4.74. The van der Waals surface area contributed by atoms with Crippen LogP contribution < -0.4 is 5.69 Å². The van der Waals surface area contributed by atoms with Crippen molar-refractivity contribution in [3.63, 3.8) is 0 Å². The van der Waals surface area contributed by atoms with E-state index in [1.165, 1.54) is 11.7 Å². The summed E-state index contributed by atoms with van der Waals surface area (Å²) in [6.45, 7) is 1.81. The van der Waals surface area contributed by atoms with Crippen molar-refractivity contribution in [1.29, 1.82) is 0 Å². The highest BCUT2D eigenvalue weighted by molar-refractivity contribution is 5.97. The molecule has 8 heteroatoms. The molecule has 2 aromatic rings. The molecule has 2 amide bonds. The average molecular weight is 332 g/mol. The molecule has 0 aliphatic carbocycles. The molecule has 0 radical (unpaired) electrons. The van der Waals surface area contributed by atoms with E-state index in [0.29, 0.717) is 31.7 Å². The summed E-state index contributed by atoms with van der Waals surface area (Å²) in [6, 6.07) is 5.26. The average Bonchev–Trinajstić information content (AvgIpc) is 2.84. The molecule has 1 aliphatic rings. The lowest BCUT2D eigenvalue weighted by molar-refractivity contribution is 0.0600. The number of nitrogens with zero attached hydrogens (tertiary/aromatic N) is 4. The van der Waals surface area contributed by atoms with Crippen LogP contribution in [0.15, 0.2) is 23.0 Å². The molecule has 8 nitrogen and oxygen atoms in total. The minimum absolute atomic E-state index is 0.0993. The number of carbonyl (C=O) groups excluding carboxylic acids is 2. The predicted molar refractivity (Wildman–Crippen MR) is 88.0 cm³/mol. The van der Waals surface area contributed by atoms with E-state index in [-0.39, 0.29) is 17.7 Å². The smallest absolute Gasteiger partial charge is 0.409 e. The summed E-state index contributed by atoms with van der Waals surface area (Å²) < 4.78 is 7.78. The fourth-order valence-corrected chi connectivity index (χ4v) is 3.04. The highest BCUT2D eigenvalue weighted by atomic mass is 16.5. The monoisotopic (exact) mass is 332 g/mol. The van der Waals surface area contributed by atoms with Crippen molar-refractivity contribution in [2.75, 3.05) is 33.3 Å². The first-order valence-corrected chi connectivity index (χ1v) is 7.71. The van der Waals surface area contributed by atoms with Gasteiger partial charge in [0.2, 0.25) is 0 Å². The predicted octanol–water partition coefficient (Wildman–Crippen LogP) is 0.401. The fraction of sp³-hybridized carbons (Fsp3) is 0.438. The summed E-state index contributed by atoms with van der Waals surface area (Å²) in [4.78, 5) is 39.5. The lowest BCUT2D eigenvalue weighted by Crippen LogP contribution is -2.50. The van der Waals surface area contributed by atoms with Crippen LogP contribution in [0.3, 0.4) is 0 Å². The molecular formula is C16H20N4O4. The van der Waals surface area contributed by atoms with E-state index in [4.69, 9.17) is 4.74 Å². The van der Waals surface area contributed by atoms with Crippen LogP contribution in [0, 0.1) is 0 Å². The zero-order chi connectivity index (χ0) is 17.4. The second-order valence-corrected chi connectivity index (χ2v) is 5.85. The normalized spacial score (nSPS) is 15.0. The Hall–Kier alpha value is -2.77. The molecule has 1 saturated heterocycles. The Kier molecular flexibility index (Phi) is 4.04. The van der Waals surface area contributed by atoms with Crippen molar-refractivity contribution in [3.05, 3.63) is 34.2 Å². The number of imidazole rings is 1. The van der Waals surface area contributed by atoms with E-state index in [0.717, 1.165) is 11.0 Å². The lowest BCUT2D eigenvalue weighted by atomic mass is 10.1. The number of rotatable bonds is 1. The van der Waals surface area contributed by atoms with Gasteiger partial charge in [-0.2, -0.15) is 0 Å². The van der Waals surface area contributed by atoms with Gasteiger partial charge in [-0.1, -0.05) is 0 Å². The van der Waals surface area contributed by atoms with E-state index >= 15 is 0 Å². The maximum atomic E-state index is 12.7. The number of aromatic nitrogens is 2. The summed E-state index contributed by atoms with van der Waals surface area (Å²) in [5.41, 5.74) is 1.92. The fourth-order valence-electron chi connectivity index (χ4n) is 3.04. The van der Waals surface area contributed by atoms with Crippen molar-refractivity contribution in [2.24, 2.45) is 14.1 Å². The first kappa shape index (κ1) is 16.1. The first-order valence-electron chi connectivity index (χ1n) is 7.71. The van der Waals surface area contributed by atoms with Gasteiger partial charge in [0.25, 0.3) is 5.91 Å². The second kappa shape index (κ2) is 6.03. The first-order chi connectivity index (χ1) is 11.4. The Labute approximate surface area is 138 Å². The quantitative estimate of drug-likeness (QED) is 0.757. The van der Waals surface area contributed by atoms with Crippen molar-refractivity contribution in [2.45, 2.75) is 0 Å². The maximum absolute atomic E-state index is 12.7. The van der Waals surface area contributed by atoms with Gasteiger partial charge in [-0.05, 0) is 18.2 Å². The maximum Gasteiger partial charge on any atom is 0.409 e. The minimum atomic E-state index is -0.372. The Morgan fingerprint density at radius 2 is 1.54 bits per heavy atom. The van der Waals surface area contributed by atoms with E-state index in [2.05, 4.69) is 0 Å². The molecule has 1 aromatic heterocycles. The molecule has 1 fully saturated rings. The molecule has 0 bridgehead atoms. The van der Waals surface area contributed by atoms with Gasteiger partial charge in [0, 0.05) is 45.8 Å². The molecule has 0 atom stereocenters. The van der Waals surface area contributed by atoms with Crippen molar-refractivity contribution < 1.29 is 14.3 Å². The number of benzene rings is 1. The molecule has 0 unspecified atom stereocenters.